The first kappa shape index (κ1) is 8.30. The van der Waals surface area contributed by atoms with E-state index in [2.05, 4.69) is 10.3 Å². The zero-order valence-electron chi connectivity index (χ0n) is 5.92. The number of aromatic nitrogens is 1. The number of hydrogen-bond donors (Lipinski definition) is 2. The van der Waals surface area contributed by atoms with Crippen molar-refractivity contribution in [3.8, 4) is 0 Å². The summed E-state index contributed by atoms with van der Waals surface area (Å²) in [5.41, 5.74) is 0.874. The molecular weight excluding hydrogens is 164 g/mol. The third kappa shape index (κ3) is 2.74. The molecular formula is C7H9ClN2O. The highest BCUT2D eigenvalue weighted by atomic mass is 35.5. The molecule has 0 aromatic carbocycles. The molecule has 3 nitrogen and oxygen atoms in total. The summed E-state index contributed by atoms with van der Waals surface area (Å²) in [6.45, 7) is 0.639. The summed E-state index contributed by atoms with van der Waals surface area (Å²) in [6.07, 6.45) is 1.61. The van der Waals surface area contributed by atoms with E-state index in [1.807, 2.05) is 0 Å². The van der Waals surface area contributed by atoms with Crippen LogP contribution >= 0.6 is 11.6 Å². The van der Waals surface area contributed by atoms with Crippen LogP contribution in [-0.2, 0) is 0 Å². The standard InChI is InChI=1S/C7H9ClN2O/c8-7-5-6(1-2-10-7)9-3-4-11/h1-2,5,11H,3-4H2,(H,9,10). The predicted molar refractivity (Wildman–Crippen MR) is 44.8 cm³/mol. The van der Waals surface area contributed by atoms with Crippen molar-refractivity contribution >= 4 is 17.3 Å². The van der Waals surface area contributed by atoms with E-state index >= 15 is 0 Å². The van der Waals surface area contributed by atoms with Crippen LogP contribution in [0.3, 0.4) is 0 Å². The van der Waals surface area contributed by atoms with Gasteiger partial charge in [0.1, 0.15) is 5.15 Å². The van der Waals surface area contributed by atoms with Crippen LogP contribution in [0.15, 0.2) is 18.3 Å². The predicted octanol–water partition coefficient (Wildman–Crippen LogP) is 1.14. The van der Waals surface area contributed by atoms with Gasteiger partial charge in [0.25, 0.3) is 0 Å². The highest BCUT2D eigenvalue weighted by molar-refractivity contribution is 6.29. The number of rotatable bonds is 3. The maximum atomic E-state index is 8.49. The minimum absolute atomic E-state index is 0.111. The number of hydrogen-bond acceptors (Lipinski definition) is 3. The number of aliphatic hydroxyl groups is 1. The second-order valence-electron chi connectivity index (χ2n) is 2.02. The summed E-state index contributed by atoms with van der Waals surface area (Å²) < 4.78 is 0. The van der Waals surface area contributed by atoms with E-state index in [9.17, 15) is 0 Å². The summed E-state index contributed by atoms with van der Waals surface area (Å²) in [4.78, 5) is 3.81. The minimum Gasteiger partial charge on any atom is -0.395 e. The number of nitrogens with one attached hydrogen (secondary N) is 1. The lowest BCUT2D eigenvalue weighted by Gasteiger charge is -2.02. The van der Waals surface area contributed by atoms with Crippen molar-refractivity contribution < 1.29 is 5.11 Å². The average Bonchev–Trinajstić information content (AvgIpc) is 2.01. The SMILES string of the molecule is OCCNc1ccnc(Cl)c1. The van der Waals surface area contributed by atoms with Gasteiger partial charge in [-0.3, -0.25) is 0 Å². The van der Waals surface area contributed by atoms with Crippen LogP contribution in [0.1, 0.15) is 0 Å². The van der Waals surface area contributed by atoms with Crippen LogP contribution in [0.25, 0.3) is 0 Å². The first-order valence-electron chi connectivity index (χ1n) is 3.29. The quantitative estimate of drug-likeness (QED) is 0.673. The summed E-state index contributed by atoms with van der Waals surface area (Å²) in [5, 5.41) is 11.9. The van der Waals surface area contributed by atoms with Crippen LogP contribution in [0.2, 0.25) is 5.15 Å². The normalized spacial score (nSPS) is 9.64. The van der Waals surface area contributed by atoms with Gasteiger partial charge in [-0.2, -0.15) is 0 Å². The van der Waals surface area contributed by atoms with Crippen molar-refractivity contribution in [3.63, 3.8) is 0 Å². The number of pyridine rings is 1. The summed E-state index contributed by atoms with van der Waals surface area (Å²) in [5.74, 6) is 0. The fourth-order valence-corrected chi connectivity index (χ4v) is 0.887. The molecule has 0 saturated carbocycles. The highest BCUT2D eigenvalue weighted by Crippen LogP contribution is 2.10. The van der Waals surface area contributed by atoms with Gasteiger partial charge in [-0.05, 0) is 12.1 Å². The molecule has 0 bridgehead atoms. The smallest absolute Gasteiger partial charge is 0.131 e. The van der Waals surface area contributed by atoms with Crippen molar-refractivity contribution in [2.24, 2.45) is 0 Å². The van der Waals surface area contributed by atoms with E-state index in [0.717, 1.165) is 5.69 Å². The van der Waals surface area contributed by atoms with Crippen molar-refractivity contribution in [1.29, 1.82) is 0 Å². The summed E-state index contributed by atoms with van der Waals surface area (Å²) in [7, 11) is 0. The van der Waals surface area contributed by atoms with Gasteiger partial charge in [-0.1, -0.05) is 11.6 Å². The van der Waals surface area contributed by atoms with E-state index in [-0.39, 0.29) is 6.61 Å². The number of aliphatic hydroxyl groups excluding tert-OH is 1. The first-order valence-corrected chi connectivity index (χ1v) is 3.67. The van der Waals surface area contributed by atoms with E-state index in [0.29, 0.717) is 11.7 Å². The van der Waals surface area contributed by atoms with Gasteiger partial charge in [-0.25, -0.2) is 4.98 Å². The Morgan fingerprint density at radius 2 is 2.45 bits per heavy atom. The molecule has 2 N–H and O–H groups in total. The van der Waals surface area contributed by atoms with Gasteiger partial charge in [0.2, 0.25) is 0 Å². The second kappa shape index (κ2) is 4.16. The fourth-order valence-electron chi connectivity index (χ4n) is 0.713. The lowest BCUT2D eigenvalue weighted by Crippen LogP contribution is -2.05. The number of nitrogens with zero attached hydrogens (tertiary/aromatic N) is 1. The number of anilines is 1. The molecule has 0 saturated heterocycles. The average molecular weight is 173 g/mol. The molecule has 0 spiro atoms. The van der Waals surface area contributed by atoms with Crippen LogP contribution < -0.4 is 5.32 Å². The van der Waals surface area contributed by atoms with Gasteiger partial charge >= 0.3 is 0 Å². The molecule has 4 heteroatoms. The van der Waals surface area contributed by atoms with Gasteiger partial charge in [0.15, 0.2) is 0 Å². The van der Waals surface area contributed by atoms with E-state index in [1.54, 1.807) is 18.3 Å². The molecule has 0 amide bonds. The molecule has 0 aliphatic rings. The Morgan fingerprint density at radius 3 is 3.09 bits per heavy atom. The second-order valence-corrected chi connectivity index (χ2v) is 2.40. The number of halogens is 1. The molecule has 0 atom stereocenters. The van der Waals surface area contributed by atoms with Crippen molar-refractivity contribution in [2.45, 2.75) is 0 Å². The zero-order chi connectivity index (χ0) is 8.10. The molecule has 0 aliphatic carbocycles. The van der Waals surface area contributed by atoms with Crippen molar-refractivity contribution in [3.05, 3.63) is 23.5 Å². The Labute approximate surface area is 70.0 Å². The largest absolute Gasteiger partial charge is 0.395 e. The zero-order valence-corrected chi connectivity index (χ0v) is 6.67. The van der Waals surface area contributed by atoms with E-state index in [1.165, 1.54) is 0 Å². The highest BCUT2D eigenvalue weighted by Gasteiger charge is 1.91. The Morgan fingerprint density at radius 1 is 1.64 bits per heavy atom. The molecule has 0 unspecified atom stereocenters. The van der Waals surface area contributed by atoms with Crippen LogP contribution in [0, 0.1) is 0 Å². The lowest BCUT2D eigenvalue weighted by molar-refractivity contribution is 0.311. The molecule has 0 radical (unpaired) electrons. The minimum atomic E-state index is 0.111. The Bertz CT molecular complexity index is 229. The monoisotopic (exact) mass is 172 g/mol. The third-order valence-corrected chi connectivity index (χ3v) is 1.37. The van der Waals surface area contributed by atoms with Gasteiger partial charge in [0.05, 0.1) is 6.61 Å². The van der Waals surface area contributed by atoms with Gasteiger partial charge in [-0.15, -0.1) is 0 Å². The maximum Gasteiger partial charge on any atom is 0.131 e. The Hall–Kier alpha value is -0.800. The molecule has 1 heterocycles. The molecule has 11 heavy (non-hydrogen) atoms. The fraction of sp³-hybridized carbons (Fsp3) is 0.286. The van der Waals surface area contributed by atoms with Crippen LogP contribution in [-0.4, -0.2) is 23.2 Å². The molecule has 1 aromatic heterocycles. The molecule has 0 aliphatic heterocycles. The Kier molecular flexibility index (Phi) is 3.14. The third-order valence-electron chi connectivity index (χ3n) is 1.17. The lowest BCUT2D eigenvalue weighted by atomic mass is 10.4. The molecule has 60 valence electrons. The molecule has 1 aromatic rings. The summed E-state index contributed by atoms with van der Waals surface area (Å²) >= 11 is 5.61. The van der Waals surface area contributed by atoms with Crippen molar-refractivity contribution in [1.82, 2.24) is 4.98 Å². The van der Waals surface area contributed by atoms with Gasteiger partial charge in [0, 0.05) is 18.4 Å². The van der Waals surface area contributed by atoms with E-state index in [4.69, 9.17) is 16.7 Å². The Balaban J connectivity index is 2.56. The van der Waals surface area contributed by atoms with Crippen LogP contribution in [0.4, 0.5) is 5.69 Å². The van der Waals surface area contributed by atoms with Gasteiger partial charge < -0.3 is 10.4 Å². The molecule has 0 fully saturated rings. The molecule has 1 rings (SSSR count). The summed E-state index contributed by atoms with van der Waals surface area (Å²) in [6, 6.07) is 3.50. The first-order chi connectivity index (χ1) is 5.33. The van der Waals surface area contributed by atoms with Crippen molar-refractivity contribution in [2.75, 3.05) is 18.5 Å². The van der Waals surface area contributed by atoms with E-state index < -0.39 is 0 Å². The van der Waals surface area contributed by atoms with Crippen LogP contribution in [0.5, 0.6) is 0 Å². The topological polar surface area (TPSA) is 45.1 Å². The maximum absolute atomic E-state index is 8.49.